The number of H-pyrrole nitrogens is 1. The van der Waals surface area contributed by atoms with Crippen molar-refractivity contribution in [1.82, 2.24) is 19.7 Å². The third-order valence-electron chi connectivity index (χ3n) is 4.07. The van der Waals surface area contributed by atoms with Crippen LogP contribution < -0.4 is 10.4 Å². The number of rotatable bonds is 3. The van der Waals surface area contributed by atoms with Gasteiger partial charge in [0.1, 0.15) is 11.6 Å². The normalized spacial score (nSPS) is 19.3. The number of likely N-dealkylation sites (tertiary alicyclic amines) is 1. The number of likely N-dealkylation sites (N-methyl/N-ethyl adjacent to an activating group) is 1. The van der Waals surface area contributed by atoms with Gasteiger partial charge in [-0.25, -0.2) is 14.5 Å². The van der Waals surface area contributed by atoms with Crippen LogP contribution in [0.25, 0.3) is 5.69 Å². The maximum absolute atomic E-state index is 12.3. The van der Waals surface area contributed by atoms with Crippen molar-refractivity contribution in [3.63, 3.8) is 0 Å². The summed E-state index contributed by atoms with van der Waals surface area (Å²) in [7, 11) is 3.66. The van der Waals surface area contributed by atoms with E-state index in [9.17, 15) is 4.79 Å². The lowest BCUT2D eigenvalue weighted by atomic mass is 9.97. The molecule has 0 saturated carbocycles. The van der Waals surface area contributed by atoms with E-state index < -0.39 is 0 Å². The van der Waals surface area contributed by atoms with Gasteiger partial charge in [-0.15, -0.1) is 0 Å². The van der Waals surface area contributed by atoms with E-state index in [-0.39, 0.29) is 11.6 Å². The first-order valence-electron chi connectivity index (χ1n) is 7.30. The highest BCUT2D eigenvalue weighted by Gasteiger charge is 2.26. The first-order chi connectivity index (χ1) is 10.6. The molecule has 0 aliphatic carbocycles. The van der Waals surface area contributed by atoms with Gasteiger partial charge in [0.2, 0.25) is 0 Å². The molecule has 1 fully saturated rings. The van der Waals surface area contributed by atoms with E-state index in [1.54, 1.807) is 29.9 Å². The zero-order valence-corrected chi connectivity index (χ0v) is 13.4. The molecule has 1 unspecified atom stereocenters. The molecule has 1 aromatic heterocycles. The molecular weight excluding hydrogens is 304 g/mol. The summed E-state index contributed by atoms with van der Waals surface area (Å²) in [6.45, 7) is 1.96. The SMILES string of the molecule is COc1ccc(Cl)cc1-n1c(C2CCCN(C)C2)n[nH]c1=O. The second-order valence-electron chi connectivity index (χ2n) is 5.64. The smallest absolute Gasteiger partial charge is 0.348 e. The van der Waals surface area contributed by atoms with Crippen LogP contribution in [0, 0.1) is 0 Å². The Hall–Kier alpha value is -1.79. The van der Waals surface area contributed by atoms with Gasteiger partial charge in [-0.05, 0) is 44.6 Å². The molecule has 1 saturated heterocycles. The predicted octanol–water partition coefficient (Wildman–Crippen LogP) is 2.03. The Kier molecular flexibility index (Phi) is 4.22. The molecule has 1 atom stereocenters. The topological polar surface area (TPSA) is 63.1 Å². The van der Waals surface area contributed by atoms with Gasteiger partial charge in [0.05, 0.1) is 12.8 Å². The minimum Gasteiger partial charge on any atom is -0.495 e. The Balaban J connectivity index is 2.10. The average Bonchev–Trinajstić information content (AvgIpc) is 2.89. The highest BCUT2D eigenvalue weighted by atomic mass is 35.5. The van der Waals surface area contributed by atoms with Crippen LogP contribution in [0.5, 0.6) is 5.75 Å². The van der Waals surface area contributed by atoms with Crippen molar-refractivity contribution in [2.45, 2.75) is 18.8 Å². The first kappa shape index (κ1) is 15.1. The van der Waals surface area contributed by atoms with Gasteiger partial charge in [0.25, 0.3) is 0 Å². The highest BCUT2D eigenvalue weighted by molar-refractivity contribution is 6.30. The van der Waals surface area contributed by atoms with Crippen molar-refractivity contribution >= 4 is 11.6 Å². The quantitative estimate of drug-likeness (QED) is 0.939. The zero-order valence-electron chi connectivity index (χ0n) is 12.7. The molecule has 1 aromatic carbocycles. The predicted molar refractivity (Wildman–Crippen MR) is 85.2 cm³/mol. The van der Waals surface area contributed by atoms with E-state index in [0.717, 1.165) is 31.8 Å². The largest absolute Gasteiger partial charge is 0.495 e. The van der Waals surface area contributed by atoms with Crippen LogP contribution in [0.2, 0.25) is 5.02 Å². The number of nitrogens with one attached hydrogen (secondary N) is 1. The molecule has 2 heterocycles. The standard InChI is InChI=1S/C15H19ClN4O2/c1-19-7-3-4-10(9-19)14-17-18-15(21)20(14)12-8-11(16)5-6-13(12)22-2/h5-6,8,10H,3-4,7,9H2,1-2H3,(H,18,21). The van der Waals surface area contributed by atoms with Crippen molar-refractivity contribution in [2.24, 2.45) is 0 Å². The van der Waals surface area contributed by atoms with Gasteiger partial charge >= 0.3 is 5.69 Å². The summed E-state index contributed by atoms with van der Waals surface area (Å²) in [4.78, 5) is 14.5. The third kappa shape index (κ3) is 2.76. The van der Waals surface area contributed by atoms with Crippen molar-refractivity contribution in [2.75, 3.05) is 27.2 Å². The van der Waals surface area contributed by atoms with E-state index in [4.69, 9.17) is 16.3 Å². The molecule has 118 valence electrons. The van der Waals surface area contributed by atoms with Crippen LogP contribution in [0.3, 0.4) is 0 Å². The minimum absolute atomic E-state index is 0.210. The summed E-state index contributed by atoms with van der Waals surface area (Å²) in [5.41, 5.74) is 0.348. The summed E-state index contributed by atoms with van der Waals surface area (Å²) in [5, 5.41) is 7.37. The number of hydrogen-bond donors (Lipinski definition) is 1. The Morgan fingerprint density at radius 2 is 2.27 bits per heavy atom. The van der Waals surface area contributed by atoms with Crippen molar-refractivity contribution in [3.05, 3.63) is 39.5 Å². The Morgan fingerprint density at radius 1 is 1.45 bits per heavy atom. The molecule has 7 heteroatoms. The molecule has 0 spiro atoms. The Morgan fingerprint density at radius 3 is 3.00 bits per heavy atom. The molecule has 1 N–H and O–H groups in total. The molecule has 1 aliphatic rings. The highest BCUT2D eigenvalue weighted by Crippen LogP contribution is 2.30. The van der Waals surface area contributed by atoms with Crippen LogP contribution in [-0.2, 0) is 0 Å². The average molecular weight is 323 g/mol. The number of ether oxygens (including phenoxy) is 1. The van der Waals surface area contributed by atoms with E-state index in [1.807, 2.05) is 0 Å². The van der Waals surface area contributed by atoms with Gasteiger partial charge in [-0.3, -0.25) is 0 Å². The van der Waals surface area contributed by atoms with Crippen LogP contribution in [0.15, 0.2) is 23.0 Å². The number of aromatic nitrogens is 3. The Labute approximate surface area is 133 Å². The molecule has 0 bridgehead atoms. The van der Waals surface area contributed by atoms with E-state index in [1.165, 1.54) is 0 Å². The van der Waals surface area contributed by atoms with E-state index in [2.05, 4.69) is 22.1 Å². The third-order valence-corrected chi connectivity index (χ3v) is 4.30. The number of aromatic amines is 1. The van der Waals surface area contributed by atoms with Gasteiger partial charge in [-0.1, -0.05) is 11.6 Å². The van der Waals surface area contributed by atoms with Gasteiger partial charge < -0.3 is 9.64 Å². The molecule has 3 rings (SSSR count). The van der Waals surface area contributed by atoms with Crippen molar-refractivity contribution in [3.8, 4) is 11.4 Å². The molecule has 0 amide bonds. The lowest BCUT2D eigenvalue weighted by Gasteiger charge is -2.29. The maximum atomic E-state index is 12.3. The number of methoxy groups -OCH3 is 1. The van der Waals surface area contributed by atoms with Crippen LogP contribution in [0.1, 0.15) is 24.6 Å². The number of piperidine rings is 1. The number of hydrogen-bond acceptors (Lipinski definition) is 4. The fraction of sp³-hybridized carbons (Fsp3) is 0.467. The maximum Gasteiger partial charge on any atom is 0.348 e. The summed E-state index contributed by atoms with van der Waals surface area (Å²) < 4.78 is 6.95. The number of benzene rings is 1. The molecule has 6 nitrogen and oxygen atoms in total. The van der Waals surface area contributed by atoms with Crippen LogP contribution >= 0.6 is 11.6 Å². The summed E-state index contributed by atoms with van der Waals surface area (Å²) in [5.74, 6) is 1.54. The number of halogens is 1. The second kappa shape index (κ2) is 6.14. The van der Waals surface area contributed by atoms with Gasteiger partial charge in [0.15, 0.2) is 0 Å². The van der Waals surface area contributed by atoms with Crippen molar-refractivity contribution < 1.29 is 4.74 Å². The molecule has 2 aromatic rings. The van der Waals surface area contributed by atoms with E-state index in [0.29, 0.717) is 16.5 Å². The monoisotopic (exact) mass is 322 g/mol. The van der Waals surface area contributed by atoms with Crippen LogP contribution in [0.4, 0.5) is 0 Å². The molecular formula is C15H19ClN4O2. The second-order valence-corrected chi connectivity index (χ2v) is 6.08. The zero-order chi connectivity index (χ0) is 15.7. The Bertz CT molecular complexity index is 725. The number of nitrogens with zero attached hydrogens (tertiary/aromatic N) is 3. The van der Waals surface area contributed by atoms with Crippen molar-refractivity contribution in [1.29, 1.82) is 0 Å². The minimum atomic E-state index is -0.274. The summed E-state index contributed by atoms with van der Waals surface area (Å²) in [6.07, 6.45) is 2.10. The van der Waals surface area contributed by atoms with E-state index >= 15 is 0 Å². The molecule has 1 aliphatic heterocycles. The first-order valence-corrected chi connectivity index (χ1v) is 7.67. The van der Waals surface area contributed by atoms with Gasteiger partial charge in [0, 0.05) is 17.5 Å². The summed E-state index contributed by atoms with van der Waals surface area (Å²) >= 11 is 6.09. The molecule has 22 heavy (non-hydrogen) atoms. The van der Waals surface area contributed by atoms with Gasteiger partial charge in [-0.2, -0.15) is 5.10 Å². The summed E-state index contributed by atoms with van der Waals surface area (Å²) in [6, 6.07) is 5.23. The lowest BCUT2D eigenvalue weighted by molar-refractivity contribution is 0.244. The fourth-order valence-corrected chi connectivity index (χ4v) is 3.20. The molecule has 0 radical (unpaired) electrons. The fourth-order valence-electron chi connectivity index (χ4n) is 3.03. The van der Waals surface area contributed by atoms with Crippen LogP contribution in [-0.4, -0.2) is 46.9 Å². The lowest BCUT2D eigenvalue weighted by Crippen LogP contribution is -2.32.